The summed E-state index contributed by atoms with van der Waals surface area (Å²) in [7, 11) is 0. The summed E-state index contributed by atoms with van der Waals surface area (Å²) in [6, 6.07) is 9.18. The lowest BCUT2D eigenvalue weighted by atomic mass is 9.83. The highest BCUT2D eigenvalue weighted by Gasteiger charge is 2.33. The molecule has 1 saturated heterocycles. The topological polar surface area (TPSA) is 52.6 Å². The third-order valence-electron chi connectivity index (χ3n) is 6.24. The molecule has 1 heterocycles. The number of benzene rings is 1. The number of rotatable bonds is 5. The summed E-state index contributed by atoms with van der Waals surface area (Å²) in [6.07, 6.45) is 6.88. The molecule has 0 spiro atoms. The molecule has 4 heteroatoms. The van der Waals surface area contributed by atoms with E-state index in [0.717, 1.165) is 51.2 Å². The number of carbonyl (C=O) groups is 1. The maximum atomic E-state index is 12.0. The summed E-state index contributed by atoms with van der Waals surface area (Å²) in [4.78, 5) is 14.6. The number of hydrogen-bond acceptors (Lipinski definition) is 3. The highest BCUT2D eigenvalue weighted by atomic mass is 16.3. The van der Waals surface area contributed by atoms with Crippen molar-refractivity contribution in [2.45, 2.75) is 57.1 Å². The first kappa shape index (κ1) is 17.0. The smallest absolute Gasteiger partial charge is 0.249 e. The number of amides is 1. The van der Waals surface area contributed by atoms with Gasteiger partial charge in [0.05, 0.1) is 0 Å². The molecule has 1 amide bonds. The summed E-state index contributed by atoms with van der Waals surface area (Å²) in [5.74, 6) is 0.724. The number of aliphatic hydroxyl groups excluding tert-OH is 1. The SMILES string of the molecule is O=C(NC1CC1)[C@H](O)C1CCN(C[C@@H]2CCc3ccccc3C2)CC1. The second-order valence-electron chi connectivity index (χ2n) is 8.24. The number of carbonyl (C=O) groups excluding carboxylic acids is 1. The van der Waals surface area contributed by atoms with Crippen LogP contribution in [0.15, 0.2) is 24.3 Å². The van der Waals surface area contributed by atoms with Gasteiger partial charge in [0.15, 0.2) is 0 Å². The Labute approximate surface area is 150 Å². The molecule has 2 aliphatic carbocycles. The zero-order valence-electron chi connectivity index (χ0n) is 15.0. The molecule has 0 bridgehead atoms. The quantitative estimate of drug-likeness (QED) is 0.862. The second-order valence-corrected chi connectivity index (χ2v) is 8.24. The van der Waals surface area contributed by atoms with E-state index in [2.05, 4.69) is 34.5 Å². The van der Waals surface area contributed by atoms with Crippen molar-refractivity contribution in [3.63, 3.8) is 0 Å². The second kappa shape index (κ2) is 7.46. The standard InChI is InChI=1S/C21H30N2O2/c24-20(21(25)22-19-7-8-19)17-9-11-23(12-10-17)14-15-5-6-16-3-1-2-4-18(16)13-15/h1-4,15,17,19-20,24H,5-14H2,(H,22,25)/t15-,20-/m1/s1. The largest absolute Gasteiger partial charge is 0.383 e. The molecule has 1 aromatic rings. The maximum Gasteiger partial charge on any atom is 0.249 e. The molecule has 0 radical (unpaired) electrons. The highest BCUT2D eigenvalue weighted by molar-refractivity contribution is 5.81. The van der Waals surface area contributed by atoms with E-state index in [0.29, 0.717) is 6.04 Å². The molecule has 136 valence electrons. The molecule has 2 fully saturated rings. The first-order valence-electron chi connectivity index (χ1n) is 9.96. The minimum absolute atomic E-state index is 0.127. The zero-order valence-corrected chi connectivity index (χ0v) is 15.0. The van der Waals surface area contributed by atoms with Crippen LogP contribution in [0, 0.1) is 11.8 Å². The van der Waals surface area contributed by atoms with Gasteiger partial charge in [-0.05, 0) is 81.0 Å². The number of piperidine rings is 1. The van der Waals surface area contributed by atoms with Gasteiger partial charge in [0.1, 0.15) is 6.10 Å². The maximum absolute atomic E-state index is 12.0. The van der Waals surface area contributed by atoms with Crippen LogP contribution in [-0.2, 0) is 17.6 Å². The average molecular weight is 342 g/mol. The van der Waals surface area contributed by atoms with Crippen LogP contribution in [0.3, 0.4) is 0 Å². The lowest BCUT2D eigenvalue weighted by Gasteiger charge is -2.36. The van der Waals surface area contributed by atoms with E-state index in [1.54, 1.807) is 0 Å². The van der Waals surface area contributed by atoms with Crippen molar-refractivity contribution in [3.05, 3.63) is 35.4 Å². The van der Waals surface area contributed by atoms with Crippen molar-refractivity contribution >= 4 is 5.91 Å². The Balaban J connectivity index is 1.23. The van der Waals surface area contributed by atoms with Crippen LogP contribution in [0.5, 0.6) is 0 Å². The first-order valence-corrected chi connectivity index (χ1v) is 9.96. The average Bonchev–Trinajstić information content (AvgIpc) is 3.45. The molecule has 4 nitrogen and oxygen atoms in total. The molecular weight excluding hydrogens is 312 g/mol. The van der Waals surface area contributed by atoms with Crippen LogP contribution in [0.2, 0.25) is 0 Å². The van der Waals surface area contributed by atoms with Gasteiger partial charge in [0.2, 0.25) is 5.91 Å². The van der Waals surface area contributed by atoms with E-state index in [-0.39, 0.29) is 11.8 Å². The number of hydrogen-bond donors (Lipinski definition) is 2. The van der Waals surface area contributed by atoms with Gasteiger partial charge in [-0.25, -0.2) is 0 Å². The molecule has 0 aromatic heterocycles. The van der Waals surface area contributed by atoms with Gasteiger partial charge in [-0.15, -0.1) is 0 Å². The number of nitrogens with one attached hydrogen (secondary N) is 1. The van der Waals surface area contributed by atoms with Crippen molar-refractivity contribution in [1.82, 2.24) is 10.2 Å². The van der Waals surface area contributed by atoms with E-state index in [1.165, 1.54) is 30.4 Å². The minimum Gasteiger partial charge on any atom is -0.383 e. The highest BCUT2D eigenvalue weighted by Crippen LogP contribution is 2.28. The van der Waals surface area contributed by atoms with Gasteiger partial charge in [-0.3, -0.25) is 4.79 Å². The van der Waals surface area contributed by atoms with E-state index in [1.807, 2.05) is 0 Å². The Morgan fingerprint density at radius 2 is 1.84 bits per heavy atom. The Hall–Kier alpha value is -1.39. The molecule has 2 atom stereocenters. The number of aliphatic hydroxyl groups is 1. The lowest BCUT2D eigenvalue weighted by Crippen LogP contribution is -2.46. The van der Waals surface area contributed by atoms with Crippen molar-refractivity contribution in [2.75, 3.05) is 19.6 Å². The number of likely N-dealkylation sites (tertiary alicyclic amines) is 1. The van der Waals surface area contributed by atoms with Crippen molar-refractivity contribution in [2.24, 2.45) is 11.8 Å². The Bertz CT molecular complexity index is 606. The monoisotopic (exact) mass is 342 g/mol. The molecule has 4 rings (SSSR count). The molecule has 1 aliphatic heterocycles. The Morgan fingerprint density at radius 3 is 2.56 bits per heavy atom. The van der Waals surface area contributed by atoms with Gasteiger partial charge >= 0.3 is 0 Å². The molecule has 2 N–H and O–H groups in total. The zero-order chi connectivity index (χ0) is 17.2. The van der Waals surface area contributed by atoms with Gasteiger partial charge in [-0.1, -0.05) is 24.3 Å². The van der Waals surface area contributed by atoms with Crippen LogP contribution >= 0.6 is 0 Å². The molecule has 0 unspecified atom stereocenters. The van der Waals surface area contributed by atoms with Crippen molar-refractivity contribution in [1.29, 1.82) is 0 Å². The third-order valence-corrected chi connectivity index (χ3v) is 6.24. The van der Waals surface area contributed by atoms with Gasteiger partial charge in [0, 0.05) is 12.6 Å². The Kier molecular flexibility index (Phi) is 5.09. The lowest BCUT2D eigenvalue weighted by molar-refractivity contribution is -0.133. The van der Waals surface area contributed by atoms with Crippen molar-refractivity contribution in [3.8, 4) is 0 Å². The van der Waals surface area contributed by atoms with Gasteiger partial charge in [0.25, 0.3) is 0 Å². The van der Waals surface area contributed by atoms with Crippen LogP contribution in [0.1, 0.15) is 43.2 Å². The molecule has 3 aliphatic rings. The minimum atomic E-state index is -0.815. The summed E-state index contributed by atoms with van der Waals surface area (Å²) < 4.78 is 0. The van der Waals surface area contributed by atoms with Crippen LogP contribution in [0.4, 0.5) is 0 Å². The van der Waals surface area contributed by atoms with Gasteiger partial charge < -0.3 is 15.3 Å². The summed E-state index contributed by atoms with van der Waals surface area (Å²) in [5.41, 5.74) is 3.06. The normalized spacial score (nSPS) is 26.0. The van der Waals surface area contributed by atoms with E-state index < -0.39 is 6.10 Å². The third kappa shape index (κ3) is 4.24. The number of aryl methyl sites for hydroxylation is 1. The fraction of sp³-hybridized carbons (Fsp3) is 0.667. The van der Waals surface area contributed by atoms with E-state index in [4.69, 9.17) is 0 Å². The summed E-state index contributed by atoms with van der Waals surface area (Å²) >= 11 is 0. The van der Waals surface area contributed by atoms with Crippen LogP contribution in [-0.4, -0.2) is 47.7 Å². The van der Waals surface area contributed by atoms with E-state index in [9.17, 15) is 9.90 Å². The first-order chi connectivity index (χ1) is 12.2. The molecular formula is C21H30N2O2. The summed E-state index contributed by atoms with van der Waals surface area (Å²) in [6.45, 7) is 3.18. The fourth-order valence-electron chi connectivity index (χ4n) is 4.47. The molecule has 1 aromatic carbocycles. The van der Waals surface area contributed by atoms with Crippen molar-refractivity contribution < 1.29 is 9.90 Å². The fourth-order valence-corrected chi connectivity index (χ4v) is 4.47. The molecule has 25 heavy (non-hydrogen) atoms. The Morgan fingerprint density at radius 1 is 1.12 bits per heavy atom. The van der Waals surface area contributed by atoms with E-state index >= 15 is 0 Å². The number of nitrogens with zero attached hydrogens (tertiary/aromatic N) is 1. The molecule has 1 saturated carbocycles. The predicted molar refractivity (Wildman–Crippen MR) is 98.3 cm³/mol. The van der Waals surface area contributed by atoms with Crippen LogP contribution in [0.25, 0.3) is 0 Å². The van der Waals surface area contributed by atoms with Gasteiger partial charge in [-0.2, -0.15) is 0 Å². The summed E-state index contributed by atoms with van der Waals surface area (Å²) in [5, 5.41) is 13.2. The van der Waals surface area contributed by atoms with Crippen LogP contribution < -0.4 is 5.32 Å². The number of fused-ring (bicyclic) bond motifs is 1. The predicted octanol–water partition coefficient (Wildman–Crippen LogP) is 2.14.